The van der Waals surface area contributed by atoms with Gasteiger partial charge in [-0.25, -0.2) is 8.78 Å². The maximum absolute atomic E-state index is 13.4. The minimum absolute atomic E-state index is 0.0908. The molecule has 0 aliphatic carbocycles. The number of benzene rings is 1. The Kier molecular flexibility index (Phi) is 7.23. The van der Waals surface area contributed by atoms with Gasteiger partial charge in [-0.1, -0.05) is 6.92 Å². The Balaban J connectivity index is 2.52. The Morgan fingerprint density at radius 2 is 2.17 bits per heavy atom. The highest BCUT2D eigenvalue weighted by Gasteiger charge is 2.10. The van der Waals surface area contributed by atoms with Crippen LogP contribution < -0.4 is 5.32 Å². The fourth-order valence-electron chi connectivity index (χ4n) is 1.53. The SMILES string of the molecule is CCCNC(CCO)CSc1cc(F)ccc1F. The minimum Gasteiger partial charge on any atom is -0.396 e. The summed E-state index contributed by atoms with van der Waals surface area (Å²) < 4.78 is 26.4. The van der Waals surface area contributed by atoms with Crippen LogP contribution in [-0.4, -0.2) is 30.1 Å². The average molecular weight is 275 g/mol. The number of thioether (sulfide) groups is 1. The second-order valence-electron chi connectivity index (χ2n) is 4.05. The van der Waals surface area contributed by atoms with Gasteiger partial charge in [0, 0.05) is 23.3 Å². The van der Waals surface area contributed by atoms with E-state index in [2.05, 4.69) is 12.2 Å². The molecular formula is C13H19F2NOS. The van der Waals surface area contributed by atoms with Gasteiger partial charge in [0.2, 0.25) is 0 Å². The van der Waals surface area contributed by atoms with E-state index in [0.717, 1.165) is 25.1 Å². The number of nitrogens with one attached hydrogen (secondary N) is 1. The number of hydrogen-bond donors (Lipinski definition) is 2. The second kappa shape index (κ2) is 8.45. The summed E-state index contributed by atoms with van der Waals surface area (Å²) in [4.78, 5) is 0.316. The number of aliphatic hydroxyl groups excluding tert-OH is 1. The summed E-state index contributed by atoms with van der Waals surface area (Å²) >= 11 is 1.27. The van der Waals surface area contributed by atoms with Crippen molar-refractivity contribution in [3.05, 3.63) is 29.8 Å². The van der Waals surface area contributed by atoms with Crippen molar-refractivity contribution in [3.63, 3.8) is 0 Å². The number of hydrogen-bond acceptors (Lipinski definition) is 3. The molecule has 1 atom stereocenters. The van der Waals surface area contributed by atoms with E-state index in [9.17, 15) is 8.78 Å². The molecule has 1 rings (SSSR count). The van der Waals surface area contributed by atoms with Gasteiger partial charge in [0.25, 0.3) is 0 Å². The van der Waals surface area contributed by atoms with Gasteiger partial charge in [0.05, 0.1) is 0 Å². The first kappa shape index (κ1) is 15.4. The molecule has 1 aromatic carbocycles. The third-order valence-corrected chi connectivity index (χ3v) is 3.69. The molecule has 0 heterocycles. The Morgan fingerprint density at radius 3 is 2.83 bits per heavy atom. The molecule has 5 heteroatoms. The van der Waals surface area contributed by atoms with E-state index in [1.807, 2.05) is 0 Å². The molecule has 2 N–H and O–H groups in total. The van der Waals surface area contributed by atoms with Gasteiger partial charge in [-0.05, 0) is 37.6 Å². The van der Waals surface area contributed by atoms with Crippen LogP contribution in [-0.2, 0) is 0 Å². The minimum atomic E-state index is -0.431. The molecule has 1 unspecified atom stereocenters. The lowest BCUT2D eigenvalue weighted by Gasteiger charge is -2.17. The zero-order valence-corrected chi connectivity index (χ0v) is 11.3. The van der Waals surface area contributed by atoms with E-state index in [-0.39, 0.29) is 12.6 Å². The van der Waals surface area contributed by atoms with Gasteiger partial charge in [-0.2, -0.15) is 0 Å². The highest BCUT2D eigenvalue weighted by molar-refractivity contribution is 7.99. The van der Waals surface area contributed by atoms with Gasteiger partial charge in [0.15, 0.2) is 0 Å². The lowest BCUT2D eigenvalue weighted by molar-refractivity contribution is 0.270. The zero-order valence-electron chi connectivity index (χ0n) is 10.5. The van der Waals surface area contributed by atoms with Gasteiger partial charge >= 0.3 is 0 Å². The monoisotopic (exact) mass is 275 g/mol. The van der Waals surface area contributed by atoms with Crippen molar-refractivity contribution in [2.75, 3.05) is 18.9 Å². The van der Waals surface area contributed by atoms with Crippen LogP contribution in [0.2, 0.25) is 0 Å². The summed E-state index contributed by atoms with van der Waals surface area (Å²) in [5.41, 5.74) is 0. The van der Waals surface area contributed by atoms with Crippen LogP contribution in [0.3, 0.4) is 0 Å². The number of rotatable bonds is 8. The van der Waals surface area contributed by atoms with E-state index in [1.165, 1.54) is 17.8 Å². The van der Waals surface area contributed by atoms with Crippen LogP contribution in [0.15, 0.2) is 23.1 Å². The standard InChI is InChI=1S/C13H19F2NOS/c1-2-6-16-11(5-7-17)9-18-13-8-10(14)3-4-12(13)15/h3-4,8,11,16-17H,2,5-7,9H2,1H3. The molecule has 0 spiro atoms. The van der Waals surface area contributed by atoms with E-state index in [0.29, 0.717) is 17.1 Å². The predicted molar refractivity (Wildman–Crippen MR) is 70.9 cm³/mol. The molecule has 18 heavy (non-hydrogen) atoms. The van der Waals surface area contributed by atoms with E-state index in [1.54, 1.807) is 0 Å². The lowest BCUT2D eigenvalue weighted by atomic mass is 10.2. The summed E-state index contributed by atoms with van der Waals surface area (Å²) in [7, 11) is 0. The largest absolute Gasteiger partial charge is 0.396 e. The van der Waals surface area contributed by atoms with Crippen LogP contribution in [0, 0.1) is 11.6 Å². The van der Waals surface area contributed by atoms with E-state index < -0.39 is 11.6 Å². The first-order valence-corrected chi connectivity index (χ1v) is 7.08. The number of aliphatic hydroxyl groups is 1. The Morgan fingerprint density at radius 1 is 1.39 bits per heavy atom. The smallest absolute Gasteiger partial charge is 0.136 e. The third-order valence-electron chi connectivity index (χ3n) is 2.49. The van der Waals surface area contributed by atoms with Crippen molar-refractivity contribution in [2.45, 2.75) is 30.7 Å². The molecule has 0 aliphatic rings. The van der Waals surface area contributed by atoms with Crippen LogP contribution in [0.4, 0.5) is 8.78 Å². The highest BCUT2D eigenvalue weighted by atomic mass is 32.2. The van der Waals surface area contributed by atoms with Crippen molar-refractivity contribution >= 4 is 11.8 Å². The van der Waals surface area contributed by atoms with Crippen molar-refractivity contribution < 1.29 is 13.9 Å². The lowest BCUT2D eigenvalue weighted by Crippen LogP contribution is -2.32. The molecule has 0 saturated heterocycles. The normalized spacial score (nSPS) is 12.7. The van der Waals surface area contributed by atoms with E-state index >= 15 is 0 Å². The van der Waals surface area contributed by atoms with Crippen LogP contribution >= 0.6 is 11.8 Å². The van der Waals surface area contributed by atoms with Crippen molar-refractivity contribution in [1.29, 1.82) is 0 Å². The van der Waals surface area contributed by atoms with Gasteiger partial charge in [-0.3, -0.25) is 0 Å². The summed E-state index contributed by atoms with van der Waals surface area (Å²) in [6.07, 6.45) is 1.62. The number of halogens is 2. The van der Waals surface area contributed by atoms with Crippen LogP contribution in [0.1, 0.15) is 19.8 Å². The fourth-order valence-corrected chi connectivity index (χ4v) is 2.59. The molecule has 2 nitrogen and oxygen atoms in total. The molecule has 0 aliphatic heterocycles. The first-order valence-electron chi connectivity index (χ1n) is 6.09. The van der Waals surface area contributed by atoms with Crippen LogP contribution in [0.25, 0.3) is 0 Å². The molecule has 1 aromatic rings. The Hall–Kier alpha value is -0.650. The Labute approximate surface area is 111 Å². The Bertz CT molecular complexity index is 363. The van der Waals surface area contributed by atoms with Gasteiger partial charge in [-0.15, -0.1) is 11.8 Å². The van der Waals surface area contributed by atoms with Crippen LogP contribution in [0.5, 0.6) is 0 Å². The molecule has 0 amide bonds. The maximum Gasteiger partial charge on any atom is 0.136 e. The first-order chi connectivity index (χ1) is 8.67. The van der Waals surface area contributed by atoms with Gasteiger partial charge < -0.3 is 10.4 Å². The molecule has 0 aromatic heterocycles. The highest BCUT2D eigenvalue weighted by Crippen LogP contribution is 2.23. The predicted octanol–water partition coefficient (Wildman–Crippen LogP) is 2.81. The summed E-state index contributed by atoms with van der Waals surface area (Å²) in [5.74, 6) is -0.222. The molecule has 0 fully saturated rings. The van der Waals surface area contributed by atoms with Crippen molar-refractivity contribution in [3.8, 4) is 0 Å². The quantitative estimate of drug-likeness (QED) is 0.716. The fraction of sp³-hybridized carbons (Fsp3) is 0.538. The summed E-state index contributed by atoms with van der Waals surface area (Å²) in [6.45, 7) is 3.01. The average Bonchev–Trinajstić information content (AvgIpc) is 2.36. The summed E-state index contributed by atoms with van der Waals surface area (Å²) in [5, 5.41) is 12.2. The third kappa shape index (κ3) is 5.33. The topological polar surface area (TPSA) is 32.3 Å². The maximum atomic E-state index is 13.4. The zero-order chi connectivity index (χ0) is 13.4. The molecule has 0 bridgehead atoms. The van der Waals surface area contributed by atoms with Crippen molar-refractivity contribution in [1.82, 2.24) is 5.32 Å². The second-order valence-corrected chi connectivity index (χ2v) is 5.11. The summed E-state index contributed by atoms with van der Waals surface area (Å²) in [6, 6.07) is 3.57. The molecule has 102 valence electrons. The van der Waals surface area contributed by atoms with Crippen molar-refractivity contribution in [2.24, 2.45) is 0 Å². The molecule has 0 saturated carbocycles. The van der Waals surface area contributed by atoms with E-state index in [4.69, 9.17) is 5.11 Å². The molecule has 0 radical (unpaired) electrons. The van der Waals surface area contributed by atoms with Gasteiger partial charge in [0.1, 0.15) is 11.6 Å². The molecular weight excluding hydrogens is 256 g/mol.